The number of hydrogen-bond acceptors (Lipinski definition) is 5. The maximum atomic E-state index is 5.26. The molecule has 1 atom stereocenters. The summed E-state index contributed by atoms with van der Waals surface area (Å²) in [6.45, 7) is 6.17. The fourth-order valence-corrected chi connectivity index (χ4v) is 1.57. The zero-order valence-electron chi connectivity index (χ0n) is 11.0. The summed E-state index contributed by atoms with van der Waals surface area (Å²) >= 11 is 0. The minimum Gasteiger partial charge on any atom is -0.382 e. The van der Waals surface area contributed by atoms with Crippen molar-refractivity contribution in [3.63, 3.8) is 0 Å². The average Bonchev–Trinajstić information content (AvgIpc) is 2.76. The number of hydrogen-bond donors (Lipinski definition) is 1. The van der Waals surface area contributed by atoms with Crippen LogP contribution in [0.5, 0.6) is 0 Å². The van der Waals surface area contributed by atoms with Crippen molar-refractivity contribution in [3.05, 3.63) is 12.2 Å². The van der Waals surface area contributed by atoms with Crippen molar-refractivity contribution >= 4 is 0 Å². The Kier molecular flexibility index (Phi) is 6.10. The Bertz CT molecular complexity index is 314. The minimum absolute atomic E-state index is 0.0652. The average molecular weight is 242 g/mol. The van der Waals surface area contributed by atoms with Gasteiger partial charge in [0.1, 0.15) is 12.2 Å². The molecule has 1 unspecified atom stereocenters. The van der Waals surface area contributed by atoms with Crippen molar-refractivity contribution in [1.29, 1.82) is 0 Å². The van der Waals surface area contributed by atoms with Crippen molar-refractivity contribution in [2.24, 2.45) is 0 Å². The molecule has 1 rings (SSSR count). The van der Waals surface area contributed by atoms with Gasteiger partial charge in [-0.15, -0.1) is 0 Å². The highest BCUT2D eigenvalue weighted by Crippen LogP contribution is 2.04. The van der Waals surface area contributed by atoms with E-state index in [0.29, 0.717) is 19.2 Å². The zero-order valence-corrected chi connectivity index (χ0v) is 11.0. The summed E-state index contributed by atoms with van der Waals surface area (Å²) in [5, 5.41) is 7.47. The summed E-state index contributed by atoms with van der Waals surface area (Å²) in [6, 6.07) is 0.325. The molecule has 1 N–H and O–H groups in total. The quantitative estimate of drug-likeness (QED) is 0.723. The molecule has 1 heterocycles. The fraction of sp³-hybridized carbons (Fsp3) is 0.818. The molecule has 98 valence electrons. The highest BCUT2D eigenvalue weighted by molar-refractivity contribution is 4.85. The first-order chi connectivity index (χ1) is 8.19. The first kappa shape index (κ1) is 14.1. The number of methoxy groups -OCH3 is 2. The van der Waals surface area contributed by atoms with Gasteiger partial charge in [0.2, 0.25) is 0 Å². The van der Waals surface area contributed by atoms with Gasteiger partial charge in [-0.3, -0.25) is 0 Å². The van der Waals surface area contributed by atoms with E-state index < -0.39 is 0 Å². The standard InChI is InChI=1S/C11H22N4O2/c1-9(2)15-11(13-8-14-15)6-12-5-10(17-4)7-16-3/h8-10,12H,5-7H2,1-4H3. The van der Waals surface area contributed by atoms with Crippen molar-refractivity contribution < 1.29 is 9.47 Å². The van der Waals surface area contributed by atoms with Crippen molar-refractivity contribution in [3.8, 4) is 0 Å². The van der Waals surface area contributed by atoms with Crippen LogP contribution in [-0.4, -0.2) is 48.2 Å². The molecule has 0 aromatic carbocycles. The highest BCUT2D eigenvalue weighted by Gasteiger charge is 2.09. The van der Waals surface area contributed by atoms with Gasteiger partial charge in [0, 0.05) is 26.8 Å². The normalized spacial score (nSPS) is 13.2. The molecular weight excluding hydrogens is 220 g/mol. The number of nitrogens with one attached hydrogen (secondary N) is 1. The Balaban J connectivity index is 2.37. The topological polar surface area (TPSA) is 61.2 Å². The first-order valence-electron chi connectivity index (χ1n) is 5.79. The second kappa shape index (κ2) is 7.37. The van der Waals surface area contributed by atoms with Crippen LogP contribution in [0.4, 0.5) is 0 Å². The molecule has 0 aliphatic rings. The van der Waals surface area contributed by atoms with Gasteiger partial charge in [0.05, 0.1) is 19.3 Å². The molecule has 0 aliphatic carbocycles. The minimum atomic E-state index is 0.0652. The van der Waals surface area contributed by atoms with E-state index in [1.807, 2.05) is 4.68 Å². The van der Waals surface area contributed by atoms with Crippen molar-refractivity contribution in [1.82, 2.24) is 20.1 Å². The lowest BCUT2D eigenvalue weighted by Gasteiger charge is -2.15. The van der Waals surface area contributed by atoms with E-state index in [4.69, 9.17) is 9.47 Å². The molecule has 6 nitrogen and oxygen atoms in total. The van der Waals surface area contributed by atoms with E-state index in [0.717, 1.165) is 12.4 Å². The van der Waals surface area contributed by atoms with Gasteiger partial charge < -0.3 is 14.8 Å². The zero-order chi connectivity index (χ0) is 12.7. The SMILES string of the molecule is COCC(CNCc1ncnn1C(C)C)OC. The predicted octanol–water partition coefficient (Wildman–Crippen LogP) is 0.610. The predicted molar refractivity (Wildman–Crippen MR) is 64.8 cm³/mol. The van der Waals surface area contributed by atoms with Crippen LogP contribution >= 0.6 is 0 Å². The largest absolute Gasteiger partial charge is 0.382 e. The van der Waals surface area contributed by atoms with Crippen LogP contribution in [0.3, 0.4) is 0 Å². The number of nitrogens with zero attached hydrogens (tertiary/aromatic N) is 3. The fourth-order valence-electron chi connectivity index (χ4n) is 1.57. The smallest absolute Gasteiger partial charge is 0.141 e. The molecule has 0 saturated heterocycles. The molecule has 0 fully saturated rings. The van der Waals surface area contributed by atoms with Crippen molar-refractivity contribution in [2.75, 3.05) is 27.4 Å². The lowest BCUT2D eigenvalue weighted by Crippen LogP contribution is -2.32. The van der Waals surface area contributed by atoms with E-state index in [-0.39, 0.29) is 6.10 Å². The van der Waals surface area contributed by atoms with Crippen molar-refractivity contribution in [2.45, 2.75) is 32.5 Å². The van der Waals surface area contributed by atoms with Gasteiger partial charge in [-0.05, 0) is 13.8 Å². The monoisotopic (exact) mass is 242 g/mol. The summed E-state index contributed by atoms with van der Waals surface area (Å²) < 4.78 is 12.2. The van der Waals surface area contributed by atoms with Gasteiger partial charge >= 0.3 is 0 Å². The van der Waals surface area contributed by atoms with Gasteiger partial charge in [-0.25, -0.2) is 9.67 Å². The Labute approximate surface area is 102 Å². The van der Waals surface area contributed by atoms with E-state index in [1.165, 1.54) is 0 Å². The van der Waals surface area contributed by atoms with Crippen LogP contribution in [0.2, 0.25) is 0 Å². The number of ether oxygens (including phenoxy) is 2. The molecule has 0 saturated carbocycles. The molecular formula is C11H22N4O2. The summed E-state index contributed by atoms with van der Waals surface area (Å²) in [6.07, 6.45) is 1.65. The third-order valence-electron chi connectivity index (χ3n) is 2.48. The molecule has 0 aliphatic heterocycles. The first-order valence-corrected chi connectivity index (χ1v) is 5.79. The lowest BCUT2D eigenvalue weighted by atomic mass is 10.3. The molecule has 17 heavy (non-hydrogen) atoms. The maximum Gasteiger partial charge on any atom is 0.141 e. The van der Waals surface area contributed by atoms with Crippen LogP contribution in [0.25, 0.3) is 0 Å². The van der Waals surface area contributed by atoms with Gasteiger partial charge in [-0.1, -0.05) is 0 Å². The summed E-state index contributed by atoms with van der Waals surface area (Å²) in [4.78, 5) is 4.22. The third kappa shape index (κ3) is 4.41. The Morgan fingerprint density at radius 2 is 2.18 bits per heavy atom. The van der Waals surface area contributed by atoms with Gasteiger partial charge in [0.25, 0.3) is 0 Å². The van der Waals surface area contributed by atoms with Crippen LogP contribution in [0, 0.1) is 0 Å². The molecule has 1 aromatic rings. The lowest BCUT2D eigenvalue weighted by molar-refractivity contribution is 0.0286. The Hall–Kier alpha value is -0.980. The Morgan fingerprint density at radius 3 is 2.76 bits per heavy atom. The van der Waals surface area contributed by atoms with E-state index in [2.05, 4.69) is 29.2 Å². The van der Waals surface area contributed by atoms with E-state index in [1.54, 1.807) is 20.5 Å². The molecule has 6 heteroatoms. The highest BCUT2D eigenvalue weighted by atomic mass is 16.5. The summed E-state index contributed by atoms with van der Waals surface area (Å²) in [5.41, 5.74) is 0. The molecule has 1 aromatic heterocycles. The second-order valence-electron chi connectivity index (χ2n) is 4.16. The van der Waals surface area contributed by atoms with Crippen LogP contribution in [0.1, 0.15) is 25.7 Å². The second-order valence-corrected chi connectivity index (χ2v) is 4.16. The summed E-state index contributed by atoms with van der Waals surface area (Å²) in [7, 11) is 3.35. The van der Waals surface area contributed by atoms with E-state index >= 15 is 0 Å². The molecule has 0 amide bonds. The maximum absolute atomic E-state index is 5.26. The van der Waals surface area contributed by atoms with Crippen LogP contribution < -0.4 is 5.32 Å². The molecule has 0 bridgehead atoms. The van der Waals surface area contributed by atoms with Crippen LogP contribution in [0.15, 0.2) is 6.33 Å². The molecule has 0 spiro atoms. The van der Waals surface area contributed by atoms with E-state index in [9.17, 15) is 0 Å². The van der Waals surface area contributed by atoms with Crippen LogP contribution in [-0.2, 0) is 16.0 Å². The number of aromatic nitrogens is 3. The van der Waals surface area contributed by atoms with Gasteiger partial charge in [0.15, 0.2) is 0 Å². The molecule has 0 radical (unpaired) electrons. The van der Waals surface area contributed by atoms with Gasteiger partial charge in [-0.2, -0.15) is 5.10 Å². The number of rotatable bonds is 8. The third-order valence-corrected chi connectivity index (χ3v) is 2.48. The summed E-state index contributed by atoms with van der Waals surface area (Å²) in [5.74, 6) is 0.937. The Morgan fingerprint density at radius 1 is 1.41 bits per heavy atom.